The summed E-state index contributed by atoms with van der Waals surface area (Å²) >= 11 is 0. The van der Waals surface area contributed by atoms with Gasteiger partial charge in [-0.3, -0.25) is 14.5 Å². The fourth-order valence-electron chi connectivity index (χ4n) is 3.62. The van der Waals surface area contributed by atoms with E-state index in [0.717, 1.165) is 19.6 Å². The molecule has 6 nitrogen and oxygen atoms in total. The van der Waals surface area contributed by atoms with Crippen LogP contribution in [0.3, 0.4) is 0 Å². The zero-order chi connectivity index (χ0) is 21.6. The maximum absolute atomic E-state index is 12.8. The minimum atomic E-state index is -0.0866. The summed E-state index contributed by atoms with van der Waals surface area (Å²) < 4.78 is 11.4. The first-order valence-electron chi connectivity index (χ1n) is 10.5. The number of benzene rings is 2. The molecule has 1 amide bonds. The van der Waals surface area contributed by atoms with Crippen molar-refractivity contribution in [3.05, 3.63) is 89.4 Å². The lowest BCUT2D eigenvalue weighted by Crippen LogP contribution is -2.48. The molecular weight excluding hydrogens is 392 g/mol. The van der Waals surface area contributed by atoms with Crippen molar-refractivity contribution in [2.24, 2.45) is 0 Å². The van der Waals surface area contributed by atoms with Crippen molar-refractivity contribution in [1.82, 2.24) is 9.80 Å². The average molecular weight is 418 g/mol. The lowest BCUT2D eigenvalue weighted by molar-refractivity contribution is 0.0594. The maximum Gasteiger partial charge on any atom is 0.289 e. The van der Waals surface area contributed by atoms with Crippen LogP contribution in [0.1, 0.15) is 39.2 Å². The molecule has 2 aromatic carbocycles. The second kappa shape index (κ2) is 9.62. The van der Waals surface area contributed by atoms with Gasteiger partial charge in [-0.05, 0) is 48.9 Å². The van der Waals surface area contributed by atoms with Crippen molar-refractivity contribution in [1.29, 1.82) is 0 Å². The molecule has 31 heavy (non-hydrogen) atoms. The van der Waals surface area contributed by atoms with Crippen LogP contribution in [-0.4, -0.2) is 47.7 Å². The Labute approximate surface area is 182 Å². The number of rotatable bonds is 7. The summed E-state index contributed by atoms with van der Waals surface area (Å²) in [6.07, 6.45) is 0. The predicted octanol–water partition coefficient (Wildman–Crippen LogP) is 4.02. The molecule has 4 rings (SSSR count). The Balaban J connectivity index is 1.27. The van der Waals surface area contributed by atoms with E-state index in [1.54, 1.807) is 36.4 Å². The first kappa shape index (κ1) is 20.9. The van der Waals surface area contributed by atoms with E-state index >= 15 is 0 Å². The van der Waals surface area contributed by atoms with Gasteiger partial charge < -0.3 is 14.1 Å². The van der Waals surface area contributed by atoms with Crippen molar-refractivity contribution in [2.45, 2.75) is 20.1 Å². The minimum Gasteiger partial charge on any atom is -0.486 e. The van der Waals surface area contributed by atoms with Crippen LogP contribution >= 0.6 is 0 Å². The summed E-state index contributed by atoms with van der Waals surface area (Å²) in [5, 5.41) is 0. The molecule has 6 heteroatoms. The van der Waals surface area contributed by atoms with E-state index in [4.69, 9.17) is 9.15 Å². The van der Waals surface area contributed by atoms with Gasteiger partial charge in [-0.15, -0.1) is 0 Å². The molecule has 1 aliphatic rings. The fraction of sp³-hybridized carbons (Fsp3) is 0.280. The lowest BCUT2D eigenvalue weighted by atomic mass is 10.1. The number of nitrogens with zero attached hydrogens (tertiary/aromatic N) is 2. The average Bonchev–Trinajstić information content (AvgIpc) is 3.28. The Kier molecular flexibility index (Phi) is 6.48. The van der Waals surface area contributed by atoms with Gasteiger partial charge in [0.1, 0.15) is 18.1 Å². The zero-order valence-electron chi connectivity index (χ0n) is 17.6. The SMILES string of the molecule is CC(=O)c1ccc(OCc2ccc(C(=O)N3CCN(Cc4ccccc4)CC3)o2)cc1. The number of Topliss-reactive ketones (excluding diaryl/α,β-unsaturated/α-hetero) is 1. The van der Waals surface area contributed by atoms with E-state index < -0.39 is 0 Å². The molecule has 1 aliphatic heterocycles. The highest BCUT2D eigenvalue weighted by atomic mass is 16.5. The first-order valence-corrected chi connectivity index (χ1v) is 10.5. The highest BCUT2D eigenvalue weighted by molar-refractivity contribution is 5.94. The molecule has 1 saturated heterocycles. The van der Waals surface area contributed by atoms with Gasteiger partial charge in [0.2, 0.25) is 0 Å². The minimum absolute atomic E-state index is 0.0154. The van der Waals surface area contributed by atoms with E-state index in [1.165, 1.54) is 12.5 Å². The van der Waals surface area contributed by atoms with Gasteiger partial charge >= 0.3 is 0 Å². The Hall–Kier alpha value is -3.38. The number of furan rings is 1. The standard InChI is InChI=1S/C25H26N2O4/c1-19(28)21-7-9-22(10-8-21)30-18-23-11-12-24(31-23)25(29)27-15-13-26(14-16-27)17-20-5-3-2-4-6-20/h2-12H,13-18H2,1H3. The van der Waals surface area contributed by atoms with Crippen molar-refractivity contribution >= 4 is 11.7 Å². The molecule has 160 valence electrons. The molecule has 0 saturated carbocycles. The molecule has 2 heterocycles. The van der Waals surface area contributed by atoms with Crippen LogP contribution in [0.5, 0.6) is 5.75 Å². The molecule has 0 spiro atoms. The molecule has 0 N–H and O–H groups in total. The Bertz CT molecular complexity index is 1020. The zero-order valence-corrected chi connectivity index (χ0v) is 17.6. The number of hydrogen-bond acceptors (Lipinski definition) is 5. The van der Waals surface area contributed by atoms with Crippen LogP contribution in [0.25, 0.3) is 0 Å². The Morgan fingerprint density at radius 3 is 2.29 bits per heavy atom. The number of carbonyl (C=O) groups is 2. The van der Waals surface area contributed by atoms with Gasteiger partial charge in [0.15, 0.2) is 11.5 Å². The van der Waals surface area contributed by atoms with Crippen LogP contribution in [0, 0.1) is 0 Å². The van der Waals surface area contributed by atoms with Crippen molar-refractivity contribution in [3.63, 3.8) is 0 Å². The number of carbonyl (C=O) groups excluding carboxylic acids is 2. The quantitative estimate of drug-likeness (QED) is 0.543. The van der Waals surface area contributed by atoms with Gasteiger partial charge in [-0.1, -0.05) is 30.3 Å². The van der Waals surface area contributed by atoms with Crippen LogP contribution in [0.2, 0.25) is 0 Å². The highest BCUT2D eigenvalue weighted by Gasteiger charge is 2.24. The number of hydrogen-bond donors (Lipinski definition) is 0. The molecule has 0 atom stereocenters. The largest absolute Gasteiger partial charge is 0.486 e. The smallest absolute Gasteiger partial charge is 0.289 e. The van der Waals surface area contributed by atoms with Crippen LogP contribution in [0.4, 0.5) is 0 Å². The maximum atomic E-state index is 12.8. The van der Waals surface area contributed by atoms with Crippen LogP contribution in [-0.2, 0) is 13.2 Å². The first-order chi connectivity index (χ1) is 15.1. The predicted molar refractivity (Wildman–Crippen MR) is 117 cm³/mol. The monoisotopic (exact) mass is 418 g/mol. The van der Waals surface area contributed by atoms with E-state index in [2.05, 4.69) is 29.2 Å². The fourth-order valence-corrected chi connectivity index (χ4v) is 3.62. The normalized spacial score (nSPS) is 14.4. The summed E-state index contributed by atoms with van der Waals surface area (Å²) in [6.45, 7) is 5.69. The number of amides is 1. The second-order valence-electron chi connectivity index (χ2n) is 7.69. The van der Waals surface area contributed by atoms with E-state index in [-0.39, 0.29) is 18.3 Å². The van der Waals surface area contributed by atoms with Crippen LogP contribution < -0.4 is 4.74 Å². The van der Waals surface area contributed by atoms with Crippen molar-refractivity contribution in [3.8, 4) is 5.75 Å². The highest BCUT2D eigenvalue weighted by Crippen LogP contribution is 2.18. The molecule has 1 aromatic heterocycles. The molecule has 0 radical (unpaired) electrons. The number of ketones is 1. The molecule has 3 aromatic rings. The van der Waals surface area contributed by atoms with Gasteiger partial charge in [0, 0.05) is 38.3 Å². The summed E-state index contributed by atoms with van der Waals surface area (Å²) in [5.74, 6) is 1.49. The summed E-state index contributed by atoms with van der Waals surface area (Å²) in [7, 11) is 0. The molecular formula is C25H26N2O4. The van der Waals surface area contributed by atoms with Crippen LogP contribution in [0.15, 0.2) is 71.1 Å². The Morgan fingerprint density at radius 1 is 0.903 bits per heavy atom. The van der Waals surface area contributed by atoms with Gasteiger partial charge in [0.25, 0.3) is 5.91 Å². The van der Waals surface area contributed by atoms with Crippen molar-refractivity contribution in [2.75, 3.05) is 26.2 Å². The molecule has 0 aliphatic carbocycles. The third-order valence-corrected chi connectivity index (χ3v) is 5.42. The molecule has 0 bridgehead atoms. The van der Waals surface area contributed by atoms with Gasteiger partial charge in [0.05, 0.1) is 0 Å². The van der Waals surface area contributed by atoms with E-state index in [0.29, 0.717) is 35.9 Å². The van der Waals surface area contributed by atoms with Gasteiger partial charge in [-0.2, -0.15) is 0 Å². The summed E-state index contributed by atoms with van der Waals surface area (Å²) in [6, 6.07) is 20.8. The third kappa shape index (κ3) is 5.41. The summed E-state index contributed by atoms with van der Waals surface area (Å²) in [4.78, 5) is 28.3. The number of ether oxygens (including phenoxy) is 1. The van der Waals surface area contributed by atoms with Gasteiger partial charge in [-0.25, -0.2) is 0 Å². The Morgan fingerprint density at radius 2 is 1.61 bits per heavy atom. The molecule has 1 fully saturated rings. The number of piperazine rings is 1. The third-order valence-electron chi connectivity index (χ3n) is 5.42. The second-order valence-corrected chi connectivity index (χ2v) is 7.69. The molecule has 0 unspecified atom stereocenters. The topological polar surface area (TPSA) is 63.0 Å². The lowest BCUT2D eigenvalue weighted by Gasteiger charge is -2.34. The van der Waals surface area contributed by atoms with E-state index in [1.807, 2.05) is 11.0 Å². The van der Waals surface area contributed by atoms with E-state index in [9.17, 15) is 9.59 Å². The summed E-state index contributed by atoms with van der Waals surface area (Å²) in [5.41, 5.74) is 1.93. The van der Waals surface area contributed by atoms with Crippen molar-refractivity contribution < 1.29 is 18.7 Å².